The molecule has 0 aliphatic rings. The number of nitrogens with zero attached hydrogens (tertiary/aromatic N) is 3. The van der Waals surface area contributed by atoms with Gasteiger partial charge < -0.3 is 9.64 Å². The zero-order chi connectivity index (χ0) is 13.8. The van der Waals surface area contributed by atoms with Crippen molar-refractivity contribution in [3.05, 3.63) is 29.0 Å². The Bertz CT molecular complexity index is 605. The van der Waals surface area contributed by atoms with Crippen LogP contribution in [0, 0.1) is 4.77 Å². The highest BCUT2D eigenvalue weighted by Gasteiger charge is 2.15. The Kier molecular flexibility index (Phi) is 4.21. The van der Waals surface area contributed by atoms with Crippen LogP contribution >= 0.6 is 12.2 Å². The second-order valence-corrected chi connectivity index (χ2v) is 4.60. The van der Waals surface area contributed by atoms with Crippen molar-refractivity contribution in [2.45, 2.75) is 19.9 Å². The average molecular weight is 278 g/mol. The number of hydrogen-bond donors (Lipinski definition) is 1. The molecule has 0 atom stereocenters. The topological polar surface area (TPSA) is 46.1 Å². The quantitative estimate of drug-likeness (QED) is 0.854. The van der Waals surface area contributed by atoms with Gasteiger partial charge in [0.15, 0.2) is 4.77 Å². The van der Waals surface area contributed by atoms with Crippen LogP contribution in [0.15, 0.2) is 24.3 Å². The van der Waals surface area contributed by atoms with Crippen molar-refractivity contribution in [1.82, 2.24) is 14.8 Å². The SMILES string of the molecule is CCCn1c(N(C)c2ccccc2OC)n[nH]c1=S. The summed E-state index contributed by atoms with van der Waals surface area (Å²) in [4.78, 5) is 1.97. The maximum Gasteiger partial charge on any atom is 0.230 e. The van der Waals surface area contributed by atoms with E-state index in [2.05, 4.69) is 17.1 Å². The molecule has 102 valence electrons. The molecule has 2 aromatic rings. The van der Waals surface area contributed by atoms with Gasteiger partial charge in [-0.25, -0.2) is 5.10 Å². The van der Waals surface area contributed by atoms with Crippen LogP contribution in [0.4, 0.5) is 11.6 Å². The second kappa shape index (κ2) is 5.88. The molecular weight excluding hydrogens is 260 g/mol. The van der Waals surface area contributed by atoms with E-state index < -0.39 is 0 Å². The minimum atomic E-state index is 0.638. The zero-order valence-electron chi connectivity index (χ0n) is 11.4. The molecule has 1 aromatic carbocycles. The average Bonchev–Trinajstić information content (AvgIpc) is 2.80. The molecule has 19 heavy (non-hydrogen) atoms. The van der Waals surface area contributed by atoms with E-state index in [0.29, 0.717) is 4.77 Å². The number of nitrogens with one attached hydrogen (secondary N) is 1. The molecular formula is C13H18N4OS. The first-order chi connectivity index (χ1) is 9.19. The lowest BCUT2D eigenvalue weighted by molar-refractivity contribution is 0.415. The Hall–Kier alpha value is -1.82. The number of benzene rings is 1. The largest absolute Gasteiger partial charge is 0.495 e. The number of rotatable bonds is 5. The Labute approximate surface area is 117 Å². The predicted octanol–water partition coefficient (Wildman–Crippen LogP) is 3.13. The smallest absolute Gasteiger partial charge is 0.230 e. The molecule has 2 rings (SSSR count). The van der Waals surface area contributed by atoms with Crippen LogP contribution in [0.25, 0.3) is 0 Å². The van der Waals surface area contributed by atoms with E-state index in [-0.39, 0.29) is 0 Å². The molecule has 6 heteroatoms. The third-order valence-corrected chi connectivity index (χ3v) is 3.24. The van der Waals surface area contributed by atoms with Gasteiger partial charge in [-0.05, 0) is 30.8 Å². The predicted molar refractivity (Wildman–Crippen MR) is 78.8 cm³/mol. The molecule has 0 unspecified atom stereocenters. The summed E-state index contributed by atoms with van der Waals surface area (Å²) < 4.78 is 8.01. The minimum absolute atomic E-state index is 0.638. The first-order valence-electron chi connectivity index (χ1n) is 6.21. The molecule has 0 saturated carbocycles. The maximum atomic E-state index is 5.38. The second-order valence-electron chi connectivity index (χ2n) is 4.21. The van der Waals surface area contributed by atoms with Crippen molar-refractivity contribution in [1.29, 1.82) is 0 Å². The summed E-state index contributed by atoms with van der Waals surface area (Å²) in [5.74, 6) is 1.60. The lowest BCUT2D eigenvalue weighted by Crippen LogP contribution is -2.16. The first kappa shape index (κ1) is 13.6. The van der Waals surface area contributed by atoms with Gasteiger partial charge in [-0.15, -0.1) is 5.10 Å². The minimum Gasteiger partial charge on any atom is -0.495 e. The fraction of sp³-hybridized carbons (Fsp3) is 0.385. The molecule has 0 saturated heterocycles. The molecule has 0 spiro atoms. The van der Waals surface area contributed by atoms with Crippen molar-refractivity contribution in [3.8, 4) is 5.75 Å². The third-order valence-electron chi connectivity index (χ3n) is 2.93. The third kappa shape index (κ3) is 2.63. The molecule has 0 aliphatic heterocycles. The highest BCUT2D eigenvalue weighted by Crippen LogP contribution is 2.31. The van der Waals surface area contributed by atoms with Crippen LogP contribution in [0.5, 0.6) is 5.75 Å². The number of H-pyrrole nitrogens is 1. The summed E-state index contributed by atoms with van der Waals surface area (Å²) >= 11 is 5.26. The number of hydrogen-bond acceptors (Lipinski definition) is 4. The Morgan fingerprint density at radius 1 is 1.42 bits per heavy atom. The molecule has 0 bridgehead atoms. The maximum absolute atomic E-state index is 5.38. The van der Waals surface area contributed by atoms with Crippen molar-refractivity contribution in [3.63, 3.8) is 0 Å². The van der Waals surface area contributed by atoms with Crippen LogP contribution in [-0.4, -0.2) is 28.9 Å². The van der Waals surface area contributed by atoms with Gasteiger partial charge in [-0.2, -0.15) is 0 Å². The summed E-state index contributed by atoms with van der Waals surface area (Å²) in [5.41, 5.74) is 0.955. The van der Waals surface area contributed by atoms with Crippen molar-refractivity contribution < 1.29 is 4.74 Å². The van der Waals surface area contributed by atoms with E-state index in [1.807, 2.05) is 40.8 Å². The van der Waals surface area contributed by atoms with Gasteiger partial charge in [-0.3, -0.25) is 4.57 Å². The van der Waals surface area contributed by atoms with Crippen LogP contribution < -0.4 is 9.64 Å². The lowest BCUT2D eigenvalue weighted by Gasteiger charge is -2.21. The summed E-state index contributed by atoms with van der Waals surface area (Å²) in [6.07, 6.45) is 1.00. The van der Waals surface area contributed by atoms with Crippen LogP contribution in [0.2, 0.25) is 0 Å². The van der Waals surface area contributed by atoms with E-state index in [1.54, 1.807) is 7.11 Å². The van der Waals surface area contributed by atoms with Crippen LogP contribution in [-0.2, 0) is 6.54 Å². The summed E-state index contributed by atoms with van der Waals surface area (Å²) in [5, 5.41) is 7.15. The van der Waals surface area contributed by atoms with Crippen LogP contribution in [0.1, 0.15) is 13.3 Å². The number of methoxy groups -OCH3 is 1. The normalized spacial score (nSPS) is 10.5. The van der Waals surface area contributed by atoms with Crippen molar-refractivity contribution in [2.24, 2.45) is 0 Å². The number of ether oxygens (including phenoxy) is 1. The molecule has 0 aliphatic carbocycles. The number of aromatic amines is 1. The Morgan fingerprint density at radius 3 is 2.84 bits per heavy atom. The molecule has 0 fully saturated rings. The summed E-state index contributed by atoms with van der Waals surface area (Å²) in [6, 6.07) is 7.84. The fourth-order valence-corrected chi connectivity index (χ4v) is 2.22. The molecule has 1 heterocycles. The highest BCUT2D eigenvalue weighted by molar-refractivity contribution is 7.71. The van der Waals surface area contributed by atoms with E-state index in [9.17, 15) is 0 Å². The summed E-state index contributed by atoms with van der Waals surface area (Å²) in [6.45, 7) is 2.95. The van der Waals surface area contributed by atoms with E-state index >= 15 is 0 Å². The van der Waals surface area contributed by atoms with Gasteiger partial charge in [0.1, 0.15) is 5.75 Å². The van der Waals surface area contributed by atoms with Gasteiger partial charge >= 0.3 is 0 Å². The number of anilines is 2. The van der Waals surface area contributed by atoms with Crippen molar-refractivity contribution in [2.75, 3.05) is 19.1 Å². The van der Waals surface area contributed by atoms with Gasteiger partial charge in [0.25, 0.3) is 0 Å². The van der Waals surface area contributed by atoms with Gasteiger partial charge in [0.2, 0.25) is 5.95 Å². The number of para-hydroxylation sites is 2. The van der Waals surface area contributed by atoms with E-state index in [1.165, 1.54) is 0 Å². The van der Waals surface area contributed by atoms with Gasteiger partial charge in [-0.1, -0.05) is 19.1 Å². The van der Waals surface area contributed by atoms with Crippen molar-refractivity contribution >= 4 is 23.9 Å². The molecule has 5 nitrogen and oxygen atoms in total. The van der Waals surface area contributed by atoms with E-state index in [0.717, 1.165) is 30.4 Å². The zero-order valence-corrected chi connectivity index (χ0v) is 12.2. The monoisotopic (exact) mass is 278 g/mol. The number of aromatic nitrogens is 3. The molecule has 0 radical (unpaired) electrons. The Morgan fingerprint density at radius 2 is 2.16 bits per heavy atom. The first-order valence-corrected chi connectivity index (χ1v) is 6.61. The standard InChI is InChI=1S/C13H18N4OS/c1-4-9-17-12(14-15-13(17)19)16(2)10-7-5-6-8-11(10)18-3/h5-8H,4,9H2,1-3H3,(H,15,19). The summed E-state index contributed by atoms with van der Waals surface area (Å²) in [7, 11) is 3.62. The molecule has 1 N–H and O–H groups in total. The van der Waals surface area contributed by atoms with E-state index in [4.69, 9.17) is 17.0 Å². The van der Waals surface area contributed by atoms with Gasteiger partial charge in [0.05, 0.1) is 12.8 Å². The molecule has 1 aromatic heterocycles. The Balaban J connectivity index is 2.44. The van der Waals surface area contributed by atoms with Crippen LogP contribution in [0.3, 0.4) is 0 Å². The highest BCUT2D eigenvalue weighted by atomic mass is 32.1. The lowest BCUT2D eigenvalue weighted by atomic mass is 10.3. The fourth-order valence-electron chi connectivity index (χ4n) is 2.01. The molecule has 0 amide bonds. The van der Waals surface area contributed by atoms with Gasteiger partial charge in [0, 0.05) is 13.6 Å².